The van der Waals surface area contributed by atoms with Gasteiger partial charge in [-0.1, -0.05) is 23.5 Å². The molecule has 0 radical (unpaired) electrons. The molecule has 1 aliphatic heterocycles. The zero-order chi connectivity index (χ0) is 12.0. The first-order valence-corrected chi connectivity index (χ1v) is 7.57. The van der Waals surface area contributed by atoms with Crippen LogP contribution in [0.5, 0.6) is 0 Å². The van der Waals surface area contributed by atoms with Gasteiger partial charge in [0.2, 0.25) is 0 Å². The number of hydrogen-bond donors (Lipinski definition) is 0. The molecule has 2 aromatic rings. The predicted octanol–water partition coefficient (Wildman–Crippen LogP) is 1.35. The van der Waals surface area contributed by atoms with E-state index in [1.54, 1.807) is 16.3 Å². The molecule has 0 saturated heterocycles. The van der Waals surface area contributed by atoms with Crippen LogP contribution < -0.4 is 5.56 Å². The molecule has 1 aliphatic rings. The number of aryl methyl sites for hydroxylation is 1. The Morgan fingerprint density at radius 3 is 3.00 bits per heavy atom. The van der Waals surface area contributed by atoms with Gasteiger partial charge in [-0.3, -0.25) is 9.36 Å². The third-order valence-corrected chi connectivity index (χ3v) is 4.65. The van der Waals surface area contributed by atoms with Crippen molar-refractivity contribution < 1.29 is 0 Å². The molecule has 0 amide bonds. The summed E-state index contributed by atoms with van der Waals surface area (Å²) in [6.45, 7) is 0.768. The van der Waals surface area contributed by atoms with Crippen molar-refractivity contribution in [1.82, 2.24) is 19.1 Å². The summed E-state index contributed by atoms with van der Waals surface area (Å²) in [5.74, 6) is 1.03. The van der Waals surface area contributed by atoms with E-state index in [0.29, 0.717) is 11.2 Å². The van der Waals surface area contributed by atoms with E-state index < -0.39 is 0 Å². The molecule has 0 fully saturated rings. The van der Waals surface area contributed by atoms with Crippen LogP contribution in [0.2, 0.25) is 0 Å². The Balaban J connectivity index is 2.39. The lowest BCUT2D eigenvalue weighted by Crippen LogP contribution is -2.27. The monoisotopic (exact) mass is 268 g/mol. The lowest BCUT2D eigenvalue weighted by molar-refractivity contribution is 0.569. The summed E-state index contributed by atoms with van der Waals surface area (Å²) in [7, 11) is 1.87. The predicted molar refractivity (Wildman–Crippen MR) is 69.9 cm³/mol. The van der Waals surface area contributed by atoms with Crippen LogP contribution in [-0.4, -0.2) is 31.1 Å². The summed E-state index contributed by atoms with van der Waals surface area (Å²) in [6.07, 6.45) is 2.98. The van der Waals surface area contributed by atoms with Crippen LogP contribution in [0.1, 0.15) is 6.42 Å². The van der Waals surface area contributed by atoms with E-state index in [0.717, 1.165) is 29.0 Å². The molecule has 0 unspecified atom stereocenters. The third-order valence-electron chi connectivity index (χ3n) is 2.86. The topological polar surface area (TPSA) is 52.7 Å². The molecule has 90 valence electrons. The van der Waals surface area contributed by atoms with Crippen molar-refractivity contribution in [2.75, 3.05) is 12.0 Å². The Hall–Kier alpha value is -0.950. The molecule has 3 heterocycles. The molecule has 0 saturated carbocycles. The Morgan fingerprint density at radius 2 is 2.24 bits per heavy atom. The number of rotatable bonds is 1. The van der Waals surface area contributed by atoms with E-state index in [9.17, 15) is 4.79 Å². The largest absolute Gasteiger partial charge is 0.316 e. The minimum absolute atomic E-state index is 0.0347. The van der Waals surface area contributed by atoms with E-state index in [2.05, 4.69) is 9.97 Å². The number of nitrogens with zero attached hydrogens (tertiary/aromatic N) is 4. The van der Waals surface area contributed by atoms with Crippen molar-refractivity contribution in [3.63, 3.8) is 0 Å². The van der Waals surface area contributed by atoms with Crippen LogP contribution in [0.25, 0.3) is 11.2 Å². The van der Waals surface area contributed by atoms with Crippen LogP contribution in [0, 0.1) is 0 Å². The average molecular weight is 268 g/mol. The second kappa shape index (κ2) is 4.06. The molecule has 5 nitrogen and oxygen atoms in total. The average Bonchev–Trinajstić information content (AvgIpc) is 2.66. The second-order valence-corrected chi connectivity index (χ2v) is 5.72. The summed E-state index contributed by atoms with van der Waals surface area (Å²) in [5.41, 5.74) is 1.22. The van der Waals surface area contributed by atoms with Crippen LogP contribution >= 0.6 is 23.5 Å². The Labute approximate surface area is 107 Å². The molecule has 0 bridgehead atoms. The first-order chi connectivity index (χ1) is 8.22. The highest BCUT2D eigenvalue weighted by Crippen LogP contribution is 2.24. The number of thioether (sulfide) groups is 2. The van der Waals surface area contributed by atoms with Gasteiger partial charge in [0.1, 0.15) is 0 Å². The summed E-state index contributed by atoms with van der Waals surface area (Å²) < 4.78 is 3.60. The molecule has 0 aliphatic carbocycles. The number of fused-ring (bicyclic) bond motifs is 2. The molecular formula is C10H12N4OS2. The highest BCUT2D eigenvalue weighted by atomic mass is 32.2. The fourth-order valence-corrected chi connectivity index (χ4v) is 3.50. The van der Waals surface area contributed by atoms with Crippen LogP contribution in [0.3, 0.4) is 0 Å². The SMILES string of the molecule is CSc1nc2nc3n(c(=O)c2n1C)CCCS3. The van der Waals surface area contributed by atoms with Gasteiger partial charge in [-0.05, 0) is 12.7 Å². The maximum absolute atomic E-state index is 12.4. The van der Waals surface area contributed by atoms with Crippen molar-refractivity contribution in [2.45, 2.75) is 23.3 Å². The first kappa shape index (κ1) is 11.2. The molecule has 0 atom stereocenters. The molecular weight excluding hydrogens is 256 g/mol. The highest BCUT2D eigenvalue weighted by molar-refractivity contribution is 7.99. The zero-order valence-electron chi connectivity index (χ0n) is 9.63. The van der Waals surface area contributed by atoms with Gasteiger partial charge in [0, 0.05) is 19.3 Å². The summed E-state index contributed by atoms with van der Waals surface area (Å²) in [5, 5.41) is 1.64. The van der Waals surface area contributed by atoms with Gasteiger partial charge >= 0.3 is 0 Å². The Morgan fingerprint density at radius 1 is 1.41 bits per heavy atom. The normalized spacial score (nSPS) is 15.2. The van der Waals surface area contributed by atoms with Gasteiger partial charge in [-0.25, -0.2) is 9.97 Å². The number of hydrogen-bond acceptors (Lipinski definition) is 5. The van der Waals surface area contributed by atoms with Crippen molar-refractivity contribution >= 4 is 34.7 Å². The summed E-state index contributed by atoms with van der Waals surface area (Å²) in [6, 6.07) is 0. The van der Waals surface area contributed by atoms with Gasteiger partial charge in [0.25, 0.3) is 5.56 Å². The van der Waals surface area contributed by atoms with Gasteiger partial charge in [0.05, 0.1) is 0 Å². The van der Waals surface area contributed by atoms with Crippen molar-refractivity contribution in [1.29, 1.82) is 0 Å². The quantitative estimate of drug-likeness (QED) is 0.577. The summed E-state index contributed by atoms with van der Waals surface area (Å²) >= 11 is 3.17. The maximum atomic E-state index is 12.4. The van der Waals surface area contributed by atoms with Gasteiger partial charge in [-0.2, -0.15) is 0 Å². The fraction of sp³-hybridized carbons (Fsp3) is 0.500. The van der Waals surface area contributed by atoms with E-state index in [4.69, 9.17) is 0 Å². The Bertz CT molecular complexity index is 646. The molecule has 7 heteroatoms. The highest BCUT2D eigenvalue weighted by Gasteiger charge is 2.19. The summed E-state index contributed by atoms with van der Waals surface area (Å²) in [4.78, 5) is 21.2. The van der Waals surface area contributed by atoms with E-state index in [1.165, 1.54) is 11.8 Å². The molecule has 0 spiro atoms. The maximum Gasteiger partial charge on any atom is 0.280 e. The lowest BCUT2D eigenvalue weighted by atomic mass is 10.4. The molecule has 3 rings (SSSR count). The van der Waals surface area contributed by atoms with Crippen molar-refractivity contribution in [2.24, 2.45) is 7.05 Å². The van der Waals surface area contributed by atoms with Gasteiger partial charge in [-0.15, -0.1) is 0 Å². The van der Waals surface area contributed by atoms with E-state index in [-0.39, 0.29) is 5.56 Å². The van der Waals surface area contributed by atoms with Gasteiger partial charge < -0.3 is 4.57 Å². The van der Waals surface area contributed by atoms with Gasteiger partial charge in [0.15, 0.2) is 21.5 Å². The first-order valence-electron chi connectivity index (χ1n) is 5.36. The zero-order valence-corrected chi connectivity index (χ0v) is 11.3. The molecule has 2 aromatic heterocycles. The Kier molecular flexibility index (Phi) is 2.67. The van der Waals surface area contributed by atoms with Crippen molar-refractivity contribution in [3.8, 4) is 0 Å². The minimum Gasteiger partial charge on any atom is -0.316 e. The van der Waals surface area contributed by atoms with E-state index >= 15 is 0 Å². The lowest BCUT2D eigenvalue weighted by Gasteiger charge is -2.15. The van der Waals surface area contributed by atoms with Crippen LogP contribution in [0.15, 0.2) is 15.1 Å². The van der Waals surface area contributed by atoms with E-state index in [1.807, 2.05) is 17.9 Å². The minimum atomic E-state index is 0.0347. The molecule has 0 aromatic carbocycles. The second-order valence-electron chi connectivity index (χ2n) is 3.88. The number of aromatic nitrogens is 4. The molecule has 17 heavy (non-hydrogen) atoms. The fourth-order valence-electron chi connectivity index (χ4n) is 2.02. The third kappa shape index (κ3) is 1.60. The van der Waals surface area contributed by atoms with Crippen LogP contribution in [0.4, 0.5) is 0 Å². The molecule has 0 N–H and O–H groups in total. The van der Waals surface area contributed by atoms with Crippen LogP contribution in [-0.2, 0) is 13.6 Å². The standard InChI is InChI=1S/C10H12N4OS2/c1-13-6-7(11-9(13)16-2)12-10-14(8(6)15)4-3-5-17-10/h3-5H2,1-2H3. The van der Waals surface area contributed by atoms with Crippen molar-refractivity contribution in [3.05, 3.63) is 10.4 Å². The smallest absolute Gasteiger partial charge is 0.280 e. The number of imidazole rings is 1.